The molecule has 0 fully saturated rings. The van der Waals surface area contributed by atoms with Gasteiger partial charge in [0.25, 0.3) is 0 Å². The molecule has 7 heteroatoms. The van der Waals surface area contributed by atoms with Crippen molar-refractivity contribution in [1.29, 1.82) is 0 Å². The predicted molar refractivity (Wildman–Crippen MR) is 109 cm³/mol. The second-order valence-corrected chi connectivity index (χ2v) is 14.2. The zero-order valence-corrected chi connectivity index (χ0v) is 19.5. The number of hydrogen-bond acceptors (Lipinski definition) is 3. The Bertz CT molecular complexity index is 672. The van der Waals surface area contributed by atoms with Crippen molar-refractivity contribution in [2.24, 2.45) is 5.92 Å². The van der Waals surface area contributed by atoms with Crippen LogP contribution in [0.5, 0.6) is 0 Å². The first kappa shape index (κ1) is 23.5. The van der Waals surface area contributed by atoms with Crippen LogP contribution in [-0.2, 0) is 10.0 Å². The lowest BCUT2D eigenvalue weighted by Crippen LogP contribution is -2.46. The lowest BCUT2D eigenvalue weighted by Gasteiger charge is -2.43. The molecule has 0 saturated heterocycles. The van der Waals surface area contributed by atoms with Gasteiger partial charge in [0.15, 0.2) is 25.1 Å². The zero-order chi connectivity index (χ0) is 20.5. The van der Waals surface area contributed by atoms with Gasteiger partial charge in [0.1, 0.15) is 5.69 Å². The molecule has 0 amide bonds. The Kier molecular flexibility index (Phi) is 7.47. The molecule has 0 aliphatic rings. The van der Waals surface area contributed by atoms with Gasteiger partial charge in [-0.05, 0) is 44.5 Å². The third kappa shape index (κ3) is 5.28. The van der Waals surface area contributed by atoms with E-state index >= 15 is 0 Å². The van der Waals surface area contributed by atoms with E-state index in [1.165, 1.54) is 6.07 Å². The average Bonchev–Trinajstić information content (AvgIpc) is 2.46. The molecule has 0 radical (unpaired) electrons. The van der Waals surface area contributed by atoms with Crippen LogP contribution in [0.25, 0.3) is 0 Å². The Hall–Kier alpha value is -0.493. The molecule has 1 aromatic rings. The molecule has 0 spiro atoms. The fourth-order valence-corrected chi connectivity index (χ4v) is 4.67. The van der Waals surface area contributed by atoms with E-state index in [9.17, 15) is 9.18 Å². The number of halogens is 3. The van der Waals surface area contributed by atoms with Crippen molar-refractivity contribution in [3.8, 4) is 0 Å². The minimum atomic E-state index is -2.18. The third-order valence-corrected chi connectivity index (χ3v) is 10.2. The van der Waals surface area contributed by atoms with Crippen LogP contribution in [0.4, 0.5) is 4.39 Å². The molecular formula is C19H30Cl2FNO2Si. The summed E-state index contributed by atoms with van der Waals surface area (Å²) in [6, 6.07) is 1.47. The highest BCUT2D eigenvalue weighted by molar-refractivity contribution is 6.74. The Morgan fingerprint density at radius 2 is 1.85 bits per heavy atom. The monoisotopic (exact) mass is 421 g/mol. The summed E-state index contributed by atoms with van der Waals surface area (Å²) in [5.41, 5.74) is -0.538. The summed E-state index contributed by atoms with van der Waals surface area (Å²) in [7, 11) is -2.18. The molecule has 1 atom stereocenters. The topological polar surface area (TPSA) is 39.2 Å². The van der Waals surface area contributed by atoms with Gasteiger partial charge in [-0.25, -0.2) is 9.37 Å². The Balaban J connectivity index is 3.37. The molecule has 0 N–H and O–H groups in total. The third-order valence-electron chi connectivity index (χ3n) is 5.12. The zero-order valence-electron chi connectivity index (χ0n) is 17.0. The first-order chi connectivity index (χ1) is 11.6. The van der Waals surface area contributed by atoms with Crippen molar-refractivity contribution in [2.75, 3.05) is 5.88 Å². The standard InChI is InChI=1S/C19H30Cl2FNO2Si/c1-12(9-10-20)16(24)14-11-13(15(22)17(21)23-14)19(5,6)25-26(7,8)18(2,3)4/h11-12H,9-10H2,1-8H3. The smallest absolute Gasteiger partial charge is 0.193 e. The van der Waals surface area contributed by atoms with Crippen LogP contribution in [0, 0.1) is 11.7 Å². The normalized spacial score (nSPS) is 14.4. The van der Waals surface area contributed by atoms with Crippen molar-refractivity contribution in [3.05, 3.63) is 28.3 Å². The molecule has 1 aromatic heterocycles. The maximum Gasteiger partial charge on any atom is 0.193 e. The van der Waals surface area contributed by atoms with Gasteiger partial charge in [-0.2, -0.15) is 0 Å². The highest BCUT2D eigenvalue weighted by Gasteiger charge is 2.43. The molecule has 1 rings (SSSR count). The van der Waals surface area contributed by atoms with Crippen LogP contribution in [-0.4, -0.2) is 25.0 Å². The van der Waals surface area contributed by atoms with Gasteiger partial charge in [0.2, 0.25) is 0 Å². The number of carbonyl (C=O) groups excluding carboxylic acids is 1. The van der Waals surface area contributed by atoms with E-state index in [1.807, 2.05) is 0 Å². The Labute approximate surface area is 167 Å². The number of rotatable bonds is 7. The number of Topliss-reactive ketones (excluding diaryl/α,β-unsaturated/α-hetero) is 1. The van der Waals surface area contributed by atoms with Crippen LogP contribution in [0.1, 0.15) is 64.0 Å². The van der Waals surface area contributed by atoms with Gasteiger partial charge < -0.3 is 4.43 Å². The summed E-state index contributed by atoms with van der Waals surface area (Å²) in [6.45, 7) is 15.9. The predicted octanol–water partition coefficient (Wildman–Crippen LogP) is 6.58. The summed E-state index contributed by atoms with van der Waals surface area (Å²) in [5, 5.41) is -0.346. The molecule has 3 nitrogen and oxygen atoms in total. The van der Waals surface area contributed by atoms with Crippen molar-refractivity contribution in [2.45, 2.75) is 71.7 Å². The van der Waals surface area contributed by atoms with E-state index in [2.05, 4.69) is 38.8 Å². The molecule has 1 heterocycles. The Morgan fingerprint density at radius 3 is 2.31 bits per heavy atom. The number of hydrogen-bond donors (Lipinski definition) is 0. The largest absolute Gasteiger partial charge is 0.408 e. The van der Waals surface area contributed by atoms with Crippen LogP contribution in [0.3, 0.4) is 0 Å². The average molecular weight is 422 g/mol. The number of carbonyl (C=O) groups is 1. The minimum absolute atomic E-state index is 0.0366. The van der Waals surface area contributed by atoms with Crippen molar-refractivity contribution >= 4 is 37.3 Å². The fourth-order valence-electron chi connectivity index (χ4n) is 2.46. The van der Waals surface area contributed by atoms with Crippen LogP contribution < -0.4 is 0 Å². The second kappa shape index (κ2) is 8.25. The summed E-state index contributed by atoms with van der Waals surface area (Å²) in [5.74, 6) is -0.776. The molecule has 0 aliphatic carbocycles. The van der Waals surface area contributed by atoms with Crippen LogP contribution >= 0.6 is 23.2 Å². The summed E-state index contributed by atoms with van der Waals surface area (Å²) >= 11 is 11.7. The number of nitrogens with zero attached hydrogens (tertiary/aromatic N) is 1. The van der Waals surface area contributed by atoms with Crippen molar-refractivity contribution in [3.63, 3.8) is 0 Å². The number of ketones is 1. The molecule has 26 heavy (non-hydrogen) atoms. The van der Waals surface area contributed by atoms with Gasteiger partial charge >= 0.3 is 0 Å². The molecule has 1 unspecified atom stereocenters. The lowest BCUT2D eigenvalue weighted by molar-refractivity contribution is 0.0853. The van der Waals surface area contributed by atoms with E-state index in [-0.39, 0.29) is 33.1 Å². The molecule has 0 saturated carbocycles. The summed E-state index contributed by atoms with van der Waals surface area (Å²) in [4.78, 5) is 16.5. The highest BCUT2D eigenvalue weighted by Crippen LogP contribution is 2.42. The van der Waals surface area contributed by atoms with Crippen molar-refractivity contribution in [1.82, 2.24) is 4.98 Å². The van der Waals surface area contributed by atoms with Crippen LogP contribution in [0.2, 0.25) is 23.3 Å². The lowest BCUT2D eigenvalue weighted by atomic mass is 9.94. The molecule has 148 valence electrons. The maximum absolute atomic E-state index is 14.8. The first-order valence-electron chi connectivity index (χ1n) is 8.81. The SMILES string of the molecule is CC(CCCl)C(=O)c1cc(C(C)(C)O[Si](C)(C)C(C)(C)C)c(F)c(Cl)n1. The summed E-state index contributed by atoms with van der Waals surface area (Å²) in [6.07, 6.45) is 0.524. The van der Waals surface area contributed by atoms with Crippen molar-refractivity contribution < 1.29 is 13.6 Å². The Morgan fingerprint density at radius 1 is 1.31 bits per heavy atom. The van der Waals surface area contributed by atoms with Gasteiger partial charge in [-0.3, -0.25) is 4.79 Å². The van der Waals surface area contributed by atoms with E-state index in [0.29, 0.717) is 12.3 Å². The minimum Gasteiger partial charge on any atom is -0.408 e. The molecule has 0 aromatic carbocycles. The van der Waals surface area contributed by atoms with Gasteiger partial charge in [-0.1, -0.05) is 39.3 Å². The van der Waals surface area contributed by atoms with E-state index < -0.39 is 19.7 Å². The summed E-state index contributed by atoms with van der Waals surface area (Å²) < 4.78 is 21.2. The quantitative estimate of drug-likeness (QED) is 0.216. The second-order valence-electron chi connectivity index (χ2n) is 8.78. The van der Waals surface area contributed by atoms with Crippen LogP contribution in [0.15, 0.2) is 6.07 Å². The van der Waals surface area contributed by atoms with Gasteiger partial charge in [0, 0.05) is 17.4 Å². The van der Waals surface area contributed by atoms with E-state index in [1.54, 1.807) is 20.8 Å². The van der Waals surface area contributed by atoms with E-state index in [4.69, 9.17) is 27.6 Å². The van der Waals surface area contributed by atoms with Gasteiger partial charge in [0.05, 0.1) is 5.60 Å². The number of pyridine rings is 1. The molecular weight excluding hydrogens is 392 g/mol. The fraction of sp³-hybridized carbons (Fsp3) is 0.684. The highest BCUT2D eigenvalue weighted by atomic mass is 35.5. The number of alkyl halides is 1. The first-order valence-corrected chi connectivity index (χ1v) is 12.6. The van der Waals surface area contributed by atoms with E-state index in [0.717, 1.165) is 0 Å². The molecule has 0 aliphatic heterocycles. The maximum atomic E-state index is 14.8. The number of aromatic nitrogens is 1. The molecule has 0 bridgehead atoms. The van der Waals surface area contributed by atoms with Gasteiger partial charge in [-0.15, -0.1) is 11.6 Å².